The minimum atomic E-state index is -2.66. The van der Waals surface area contributed by atoms with Crippen molar-refractivity contribution in [2.24, 2.45) is 0 Å². The van der Waals surface area contributed by atoms with Gasteiger partial charge >= 0.3 is 17.1 Å². The second kappa shape index (κ2) is 9.01. The average Bonchev–Trinajstić information content (AvgIpc) is 3.32. The maximum Gasteiger partial charge on any atom is 0.335 e. The van der Waals surface area contributed by atoms with Gasteiger partial charge in [0.2, 0.25) is 0 Å². The Labute approximate surface area is 198 Å². The van der Waals surface area contributed by atoms with E-state index in [4.69, 9.17) is 23.4 Å². The van der Waals surface area contributed by atoms with Crippen LogP contribution in [0.25, 0.3) is 5.65 Å². The van der Waals surface area contributed by atoms with Gasteiger partial charge in [0.15, 0.2) is 11.5 Å². The maximum atomic E-state index is 7.26. The van der Waals surface area contributed by atoms with Gasteiger partial charge in [0.05, 0.1) is 24.6 Å². The van der Waals surface area contributed by atoms with Crippen molar-refractivity contribution < 1.29 is 17.7 Å². The standard InChI is InChI=1S/C22H39N5O4Si2/c1-13(2)32(14(3)4)28-11-20-19(30-33(31-32,15(5)6)16(7)8)9-18(29-20)17-10-24-22-21(23)25-12-26-27(17)22/h10,12-16,18-20H,9,11H2,1-8H3,(H2,23,25,26)/t18-,19+,20-/m1/s1. The molecule has 0 saturated carbocycles. The zero-order chi connectivity index (χ0) is 24.1. The van der Waals surface area contributed by atoms with Crippen molar-refractivity contribution >= 4 is 28.6 Å². The van der Waals surface area contributed by atoms with E-state index in [1.807, 2.05) is 0 Å². The lowest BCUT2D eigenvalue weighted by molar-refractivity contribution is -0.0396. The molecule has 9 nitrogen and oxygen atoms in total. The van der Waals surface area contributed by atoms with Crippen LogP contribution in [0, 0.1) is 0 Å². The summed E-state index contributed by atoms with van der Waals surface area (Å²) in [5.41, 5.74) is 8.56. The van der Waals surface area contributed by atoms with E-state index < -0.39 is 17.1 Å². The number of nitrogens with zero attached hydrogens (tertiary/aromatic N) is 4. The topological polar surface area (TPSA) is 106 Å². The molecular formula is C22H39N5O4Si2. The number of hydrogen-bond acceptors (Lipinski definition) is 8. The van der Waals surface area contributed by atoms with Gasteiger partial charge in [-0.2, -0.15) is 5.10 Å². The summed E-state index contributed by atoms with van der Waals surface area (Å²) in [5, 5.41) is 4.36. The highest BCUT2D eigenvalue weighted by Crippen LogP contribution is 2.48. The summed E-state index contributed by atoms with van der Waals surface area (Å²) in [6.45, 7) is 18.3. The largest absolute Gasteiger partial charge is 0.414 e. The van der Waals surface area contributed by atoms with Crippen LogP contribution in [0.3, 0.4) is 0 Å². The van der Waals surface area contributed by atoms with Crippen molar-refractivity contribution in [1.82, 2.24) is 19.6 Å². The van der Waals surface area contributed by atoms with Crippen LogP contribution in [-0.4, -0.2) is 55.5 Å². The number of nitrogens with two attached hydrogens (primary N) is 1. The van der Waals surface area contributed by atoms with Crippen LogP contribution in [0.4, 0.5) is 5.82 Å². The minimum absolute atomic E-state index is 0.109. The molecule has 184 valence electrons. The van der Waals surface area contributed by atoms with Gasteiger partial charge in [0.25, 0.3) is 0 Å². The summed E-state index contributed by atoms with van der Waals surface area (Å²) in [5.74, 6) is 0.351. The predicted octanol–water partition coefficient (Wildman–Crippen LogP) is 4.49. The summed E-state index contributed by atoms with van der Waals surface area (Å²) in [6.07, 6.45) is 3.42. The lowest BCUT2D eigenvalue weighted by Gasteiger charge is -2.51. The highest BCUT2D eigenvalue weighted by Gasteiger charge is 2.60. The normalized spacial score (nSPS) is 27.5. The molecule has 4 rings (SSSR count). The first-order valence-electron chi connectivity index (χ1n) is 12.1. The maximum absolute atomic E-state index is 7.26. The Morgan fingerprint density at radius 3 is 2.18 bits per heavy atom. The highest BCUT2D eigenvalue weighted by molar-refractivity contribution is 6.83. The van der Waals surface area contributed by atoms with Crippen LogP contribution in [0.5, 0.6) is 0 Å². The van der Waals surface area contributed by atoms with E-state index in [-0.39, 0.29) is 29.4 Å². The van der Waals surface area contributed by atoms with E-state index in [2.05, 4.69) is 70.5 Å². The molecule has 0 unspecified atom stereocenters. The predicted molar refractivity (Wildman–Crippen MR) is 131 cm³/mol. The fourth-order valence-electron chi connectivity index (χ4n) is 5.41. The Kier molecular flexibility index (Phi) is 6.75. The summed E-state index contributed by atoms with van der Waals surface area (Å²) in [7, 11) is -5.23. The van der Waals surface area contributed by atoms with Crippen molar-refractivity contribution in [3.63, 3.8) is 0 Å². The fourth-order valence-corrected chi connectivity index (χ4v) is 16.6. The van der Waals surface area contributed by atoms with Crippen molar-refractivity contribution in [1.29, 1.82) is 0 Å². The van der Waals surface area contributed by atoms with Crippen LogP contribution in [0.15, 0.2) is 12.5 Å². The Bertz CT molecular complexity index is 967. The Hall–Kier alpha value is -1.38. The summed E-state index contributed by atoms with van der Waals surface area (Å²) in [4.78, 5) is 8.47. The minimum Gasteiger partial charge on any atom is -0.414 e. The van der Waals surface area contributed by atoms with E-state index in [1.165, 1.54) is 6.33 Å². The second-order valence-corrected chi connectivity index (χ2v) is 19.4. The molecule has 0 amide bonds. The molecule has 0 bridgehead atoms. The first-order chi connectivity index (χ1) is 15.5. The van der Waals surface area contributed by atoms with Gasteiger partial charge < -0.3 is 23.4 Å². The quantitative estimate of drug-likeness (QED) is 0.607. The van der Waals surface area contributed by atoms with E-state index in [0.29, 0.717) is 35.6 Å². The molecule has 2 aliphatic rings. The van der Waals surface area contributed by atoms with Gasteiger partial charge in [-0.1, -0.05) is 55.4 Å². The van der Waals surface area contributed by atoms with Gasteiger partial charge in [-0.05, 0) is 22.2 Å². The third kappa shape index (κ3) is 4.06. The number of hydrogen-bond donors (Lipinski definition) is 1. The van der Waals surface area contributed by atoms with Crippen LogP contribution in [0.2, 0.25) is 22.2 Å². The molecule has 2 saturated heterocycles. The molecular weight excluding hydrogens is 454 g/mol. The average molecular weight is 494 g/mol. The molecule has 4 heterocycles. The summed E-state index contributed by atoms with van der Waals surface area (Å²) in [6, 6.07) is 0. The molecule has 0 aromatic carbocycles. The fraction of sp³-hybridized carbons (Fsp3) is 0.773. The van der Waals surface area contributed by atoms with Gasteiger partial charge in [0, 0.05) is 6.42 Å². The number of ether oxygens (including phenoxy) is 1. The number of fused-ring (bicyclic) bond motifs is 2. The van der Waals surface area contributed by atoms with E-state index in [9.17, 15) is 0 Å². The van der Waals surface area contributed by atoms with Crippen LogP contribution in [0.1, 0.15) is 73.6 Å². The molecule has 11 heteroatoms. The smallest absolute Gasteiger partial charge is 0.335 e. The molecule has 0 spiro atoms. The molecule has 2 N–H and O–H groups in total. The first kappa shape index (κ1) is 24.7. The number of rotatable bonds is 5. The van der Waals surface area contributed by atoms with Crippen LogP contribution < -0.4 is 5.73 Å². The van der Waals surface area contributed by atoms with Gasteiger partial charge in [-0.15, -0.1) is 0 Å². The third-order valence-electron chi connectivity index (χ3n) is 7.23. The SMILES string of the molecule is CC(C)[Si]1(C(C)C)OC[C@H]2O[C@@H](c3cnc4c(N)ncnn34)C[C@@H]2O[Si](C(C)C)(C(C)C)O1. The van der Waals surface area contributed by atoms with Crippen molar-refractivity contribution in [2.75, 3.05) is 12.3 Å². The summed E-state index contributed by atoms with van der Waals surface area (Å²) < 4.78 is 29.5. The lowest BCUT2D eigenvalue weighted by Crippen LogP contribution is -2.65. The number of aromatic nitrogens is 4. The Morgan fingerprint density at radius 2 is 1.58 bits per heavy atom. The number of nitrogen functional groups attached to an aromatic ring is 1. The highest BCUT2D eigenvalue weighted by atomic mass is 28.5. The van der Waals surface area contributed by atoms with E-state index >= 15 is 0 Å². The second-order valence-electron chi connectivity index (χ2n) is 10.6. The molecule has 0 aliphatic carbocycles. The summed E-state index contributed by atoms with van der Waals surface area (Å²) >= 11 is 0. The lowest BCUT2D eigenvalue weighted by atomic mass is 10.1. The van der Waals surface area contributed by atoms with E-state index in [0.717, 1.165) is 5.69 Å². The van der Waals surface area contributed by atoms with E-state index in [1.54, 1.807) is 10.7 Å². The Morgan fingerprint density at radius 1 is 0.939 bits per heavy atom. The molecule has 33 heavy (non-hydrogen) atoms. The van der Waals surface area contributed by atoms with Gasteiger partial charge in [-0.3, -0.25) is 0 Å². The van der Waals surface area contributed by atoms with Crippen molar-refractivity contribution in [2.45, 2.75) is 102 Å². The zero-order valence-electron chi connectivity index (χ0n) is 21.1. The molecule has 2 fully saturated rings. The molecule has 0 radical (unpaired) electrons. The van der Waals surface area contributed by atoms with Gasteiger partial charge in [-0.25, -0.2) is 14.5 Å². The molecule has 2 aromatic rings. The first-order valence-corrected chi connectivity index (χ1v) is 16.1. The van der Waals surface area contributed by atoms with Crippen molar-refractivity contribution in [3.8, 4) is 0 Å². The van der Waals surface area contributed by atoms with Crippen LogP contribution >= 0.6 is 0 Å². The third-order valence-corrected chi connectivity index (χ3v) is 17.5. The monoisotopic (exact) mass is 493 g/mol. The Balaban J connectivity index is 1.72. The van der Waals surface area contributed by atoms with Crippen LogP contribution in [-0.2, 0) is 17.7 Å². The molecule has 2 aromatic heterocycles. The molecule has 3 atom stereocenters. The zero-order valence-corrected chi connectivity index (χ0v) is 23.1. The van der Waals surface area contributed by atoms with Gasteiger partial charge in [0.1, 0.15) is 18.5 Å². The number of imidazole rings is 1. The molecule has 2 aliphatic heterocycles. The van der Waals surface area contributed by atoms with Crippen molar-refractivity contribution in [3.05, 3.63) is 18.2 Å². The number of anilines is 1.